The molecule has 0 aromatic heterocycles. The first-order valence-electron chi connectivity index (χ1n) is 12.7. The topological polar surface area (TPSA) is 71.1 Å². The summed E-state index contributed by atoms with van der Waals surface area (Å²) < 4.78 is 22.1. The summed E-state index contributed by atoms with van der Waals surface area (Å²) in [6.45, 7) is 4.72. The summed E-state index contributed by atoms with van der Waals surface area (Å²) in [4.78, 5) is 25.5. The second-order valence-electron chi connectivity index (χ2n) is 8.68. The molecule has 6 nitrogen and oxygen atoms in total. The number of carbonyl (C=O) groups excluding carboxylic acids is 2. The Morgan fingerprint density at radius 1 is 0.730 bits per heavy atom. The molecule has 0 heterocycles. The Labute approximate surface area is 219 Å². The van der Waals surface area contributed by atoms with Gasteiger partial charge in [0.15, 0.2) is 0 Å². The molecule has 0 aliphatic heterocycles. The van der Waals surface area contributed by atoms with Crippen molar-refractivity contribution in [3.8, 4) is 23.0 Å². The van der Waals surface area contributed by atoms with Crippen molar-refractivity contribution in [2.24, 2.45) is 0 Å². The Morgan fingerprint density at radius 3 is 1.92 bits per heavy atom. The van der Waals surface area contributed by atoms with Crippen molar-refractivity contribution in [1.82, 2.24) is 0 Å². The third-order valence-electron chi connectivity index (χ3n) is 5.67. The van der Waals surface area contributed by atoms with E-state index in [0.717, 1.165) is 18.4 Å². The van der Waals surface area contributed by atoms with E-state index in [1.807, 2.05) is 6.92 Å². The molecule has 0 unspecified atom stereocenters. The molecule has 3 aromatic carbocycles. The standard InChI is InChI=1S/C30H33BO6/c1-3-4-5-6-7-8-19-34-25-14-10-24(11-15-25)30(33)37-28-20-22(2)9-18-27(28)36-29(32)23-12-16-26(17-13-23)35-21-31/h9-18,20-21,31H,3-8,19H2,1-2H3. The third-order valence-corrected chi connectivity index (χ3v) is 5.67. The fourth-order valence-electron chi connectivity index (χ4n) is 3.62. The number of esters is 2. The van der Waals surface area contributed by atoms with Crippen molar-refractivity contribution < 1.29 is 28.5 Å². The quantitative estimate of drug-likeness (QED) is 0.113. The van der Waals surface area contributed by atoms with Crippen LogP contribution in [-0.2, 0) is 0 Å². The summed E-state index contributed by atoms with van der Waals surface area (Å²) in [6, 6.07) is 18.3. The van der Waals surface area contributed by atoms with Gasteiger partial charge in [0.25, 0.3) is 0 Å². The first-order chi connectivity index (χ1) is 18.0. The zero-order valence-corrected chi connectivity index (χ0v) is 21.5. The summed E-state index contributed by atoms with van der Waals surface area (Å²) in [5.41, 5.74) is 1.54. The molecule has 0 radical (unpaired) electrons. The normalized spacial score (nSPS) is 10.4. The molecule has 0 saturated heterocycles. The molecule has 0 amide bonds. The van der Waals surface area contributed by atoms with Gasteiger partial charge in [-0.3, -0.25) is 0 Å². The van der Waals surface area contributed by atoms with Crippen molar-refractivity contribution in [2.75, 3.05) is 6.61 Å². The van der Waals surface area contributed by atoms with Crippen LogP contribution in [0.5, 0.6) is 23.0 Å². The number of unbranched alkanes of at least 4 members (excludes halogenated alkanes) is 5. The summed E-state index contributed by atoms with van der Waals surface area (Å²) in [5, 5.41) is 0. The Balaban J connectivity index is 1.58. The summed E-state index contributed by atoms with van der Waals surface area (Å²) >= 11 is 0. The van der Waals surface area contributed by atoms with Crippen molar-refractivity contribution >= 4 is 25.6 Å². The van der Waals surface area contributed by atoms with Crippen molar-refractivity contribution in [3.63, 3.8) is 0 Å². The summed E-state index contributed by atoms with van der Waals surface area (Å²) in [7, 11) is 3.50. The van der Waals surface area contributed by atoms with E-state index in [1.165, 1.54) is 31.8 Å². The van der Waals surface area contributed by atoms with Crippen LogP contribution in [0.3, 0.4) is 0 Å². The van der Waals surface area contributed by atoms with Gasteiger partial charge >= 0.3 is 115 Å². The van der Waals surface area contributed by atoms with Gasteiger partial charge in [-0.2, -0.15) is 0 Å². The monoisotopic (exact) mass is 500 g/mol. The van der Waals surface area contributed by atoms with Crippen LogP contribution in [0.15, 0.2) is 66.7 Å². The van der Waals surface area contributed by atoms with Gasteiger partial charge in [-0.1, -0.05) is 39.0 Å². The molecule has 0 aliphatic rings. The molecular formula is C30H33BO6. The fraction of sp³-hybridized carbons (Fsp3) is 0.300. The minimum atomic E-state index is -0.585. The maximum absolute atomic E-state index is 12.8. The second-order valence-corrected chi connectivity index (χ2v) is 8.68. The zero-order chi connectivity index (χ0) is 26.5. The van der Waals surface area contributed by atoms with E-state index in [2.05, 4.69) is 14.4 Å². The van der Waals surface area contributed by atoms with Crippen LogP contribution in [0.1, 0.15) is 71.7 Å². The van der Waals surface area contributed by atoms with E-state index in [-0.39, 0.29) is 11.5 Å². The molecule has 0 N–H and O–H groups in total. The Hall–Kier alpha value is -3.87. The molecule has 37 heavy (non-hydrogen) atoms. The average Bonchev–Trinajstić information content (AvgIpc) is 2.90. The zero-order valence-electron chi connectivity index (χ0n) is 21.5. The van der Waals surface area contributed by atoms with Gasteiger partial charge in [-0.25, -0.2) is 4.79 Å². The molecule has 3 rings (SSSR count). The molecular weight excluding hydrogens is 467 g/mol. The van der Waals surface area contributed by atoms with Gasteiger partial charge in [0.05, 0.1) is 12.2 Å². The maximum atomic E-state index is 12.8. The molecule has 3 aromatic rings. The van der Waals surface area contributed by atoms with Crippen molar-refractivity contribution in [2.45, 2.75) is 52.4 Å². The predicted molar refractivity (Wildman–Crippen MR) is 147 cm³/mol. The number of rotatable bonds is 14. The number of aryl methyl sites for hydroxylation is 1. The van der Waals surface area contributed by atoms with E-state index in [9.17, 15) is 9.59 Å². The molecule has 0 bridgehead atoms. The van der Waals surface area contributed by atoms with E-state index in [0.29, 0.717) is 29.2 Å². The van der Waals surface area contributed by atoms with Crippen LogP contribution in [0, 0.1) is 6.92 Å². The molecule has 0 aliphatic carbocycles. The summed E-state index contributed by atoms with van der Waals surface area (Å²) in [6.07, 6.45) is 8.49. The number of benzene rings is 3. The van der Waals surface area contributed by atoms with Gasteiger partial charge < -0.3 is 4.74 Å². The number of hydrogen-bond acceptors (Lipinski definition) is 6. The molecule has 0 saturated carbocycles. The third kappa shape index (κ3) is 8.94. The van der Waals surface area contributed by atoms with Crippen LogP contribution < -0.4 is 18.9 Å². The van der Waals surface area contributed by atoms with E-state index >= 15 is 0 Å². The van der Waals surface area contributed by atoms with E-state index in [1.54, 1.807) is 66.7 Å². The Bertz CT molecular complexity index is 1170. The van der Waals surface area contributed by atoms with Gasteiger partial charge in [0.2, 0.25) is 0 Å². The molecule has 7 heteroatoms. The first-order valence-corrected chi connectivity index (χ1v) is 12.7. The van der Waals surface area contributed by atoms with Crippen LogP contribution in [0.2, 0.25) is 0 Å². The van der Waals surface area contributed by atoms with Crippen LogP contribution >= 0.6 is 0 Å². The molecule has 0 fully saturated rings. The van der Waals surface area contributed by atoms with Crippen molar-refractivity contribution in [1.29, 1.82) is 0 Å². The van der Waals surface area contributed by atoms with E-state index in [4.69, 9.17) is 18.9 Å². The van der Waals surface area contributed by atoms with E-state index < -0.39 is 11.9 Å². The molecule has 0 atom stereocenters. The van der Waals surface area contributed by atoms with Gasteiger partial charge in [-0.05, 0) is 37.6 Å². The minimum absolute atomic E-state index is 0.147. The second kappa shape index (κ2) is 14.6. The Morgan fingerprint density at radius 2 is 1.30 bits per heavy atom. The number of ether oxygens (including phenoxy) is 4. The molecule has 192 valence electrons. The number of hydrogen-bond donors (Lipinski definition) is 0. The Kier molecular flexibility index (Phi) is 11.0. The van der Waals surface area contributed by atoms with Crippen molar-refractivity contribution in [3.05, 3.63) is 83.4 Å². The summed E-state index contributed by atoms with van der Waals surface area (Å²) in [5.74, 6) is 0.423. The average molecular weight is 500 g/mol. The predicted octanol–water partition coefficient (Wildman–Crippen LogP) is 6.21. The fourth-order valence-corrected chi connectivity index (χ4v) is 3.62. The van der Waals surface area contributed by atoms with Gasteiger partial charge in [-0.15, -0.1) is 0 Å². The first kappa shape index (κ1) is 27.7. The number of carbonyl (C=O) groups is 2. The van der Waals surface area contributed by atoms with Gasteiger partial charge in [0, 0.05) is 0 Å². The van der Waals surface area contributed by atoms with Crippen LogP contribution in [-0.4, -0.2) is 32.2 Å². The molecule has 0 spiro atoms. The SMILES string of the molecule is B=COc1ccc(C(=O)Oc2ccc(C)cc2OC(=O)c2ccc(OCCCCCCCC)cc2)cc1. The van der Waals surface area contributed by atoms with Gasteiger partial charge in [0.1, 0.15) is 5.75 Å². The van der Waals surface area contributed by atoms with Crippen LogP contribution in [0.25, 0.3) is 0 Å². The van der Waals surface area contributed by atoms with Crippen LogP contribution in [0.4, 0.5) is 0 Å².